The molecule has 0 aromatic carbocycles. The molecule has 0 bridgehead atoms. The zero-order valence-electron chi connectivity index (χ0n) is 7.02. The Bertz CT molecular complexity index is 211. The molecule has 0 spiro atoms. The average molecular weight is 150 g/mol. The van der Waals surface area contributed by atoms with E-state index in [0.717, 1.165) is 25.7 Å². The Balaban J connectivity index is 2.33. The molecule has 0 N–H and O–H groups in total. The molecule has 0 atom stereocenters. The number of ketones is 1. The minimum absolute atomic E-state index is 0.293. The minimum atomic E-state index is 0.293. The third kappa shape index (κ3) is 2.71. The maximum atomic E-state index is 10.8. The first kappa shape index (κ1) is 8.25. The summed E-state index contributed by atoms with van der Waals surface area (Å²) in [6, 6.07) is 0. The van der Waals surface area contributed by atoms with Crippen molar-refractivity contribution in [2.45, 2.75) is 32.6 Å². The Morgan fingerprint density at radius 3 is 2.82 bits per heavy atom. The van der Waals surface area contributed by atoms with Crippen LogP contribution in [0.2, 0.25) is 0 Å². The van der Waals surface area contributed by atoms with Crippen LogP contribution in [0, 0.1) is 0 Å². The van der Waals surface area contributed by atoms with E-state index in [1.807, 2.05) is 6.92 Å². The van der Waals surface area contributed by atoms with E-state index in [2.05, 4.69) is 6.58 Å². The second-order valence-corrected chi connectivity index (χ2v) is 3.23. The summed E-state index contributed by atoms with van der Waals surface area (Å²) in [5.41, 5.74) is 2.50. The molecule has 1 heteroatoms. The molecule has 1 rings (SSSR count). The Morgan fingerprint density at radius 2 is 2.36 bits per heavy atom. The lowest BCUT2D eigenvalue weighted by Crippen LogP contribution is -1.80. The molecule has 1 aliphatic carbocycles. The quantitative estimate of drug-likeness (QED) is 0.565. The van der Waals surface area contributed by atoms with Crippen molar-refractivity contribution < 1.29 is 4.79 Å². The third-order valence-corrected chi connectivity index (χ3v) is 1.93. The smallest absolute Gasteiger partial charge is 0.155 e. The van der Waals surface area contributed by atoms with Crippen LogP contribution in [0.5, 0.6) is 0 Å². The first-order valence-electron chi connectivity index (χ1n) is 4.05. The van der Waals surface area contributed by atoms with Gasteiger partial charge in [0.15, 0.2) is 5.78 Å². The van der Waals surface area contributed by atoms with Crippen LogP contribution in [0.15, 0.2) is 23.8 Å². The van der Waals surface area contributed by atoms with E-state index in [0.29, 0.717) is 5.78 Å². The monoisotopic (exact) mass is 150 g/mol. The fraction of sp³-hybridized carbons (Fsp3) is 0.500. The van der Waals surface area contributed by atoms with Gasteiger partial charge in [0.1, 0.15) is 0 Å². The van der Waals surface area contributed by atoms with Gasteiger partial charge in [0, 0.05) is 6.42 Å². The molecule has 0 radical (unpaired) electrons. The number of hydrogen-bond acceptors (Lipinski definition) is 1. The van der Waals surface area contributed by atoms with E-state index in [9.17, 15) is 4.79 Å². The lowest BCUT2D eigenvalue weighted by Gasteiger charge is -1.98. The van der Waals surface area contributed by atoms with Crippen molar-refractivity contribution in [1.29, 1.82) is 0 Å². The van der Waals surface area contributed by atoms with Crippen LogP contribution in [-0.2, 0) is 4.79 Å². The number of carbonyl (C=O) groups excluding carboxylic acids is 1. The lowest BCUT2D eigenvalue weighted by molar-refractivity contribution is -0.114. The molecule has 1 nitrogen and oxygen atoms in total. The largest absolute Gasteiger partial charge is 0.295 e. The number of rotatable bonds is 3. The summed E-state index contributed by atoms with van der Waals surface area (Å²) in [7, 11) is 0. The molecule has 0 aromatic heterocycles. The Morgan fingerprint density at radius 1 is 1.64 bits per heavy atom. The van der Waals surface area contributed by atoms with Crippen LogP contribution in [0.3, 0.4) is 0 Å². The molecule has 0 heterocycles. The van der Waals surface area contributed by atoms with Gasteiger partial charge in [-0.1, -0.05) is 11.1 Å². The summed E-state index contributed by atoms with van der Waals surface area (Å²) in [6.07, 6.45) is 5.56. The van der Waals surface area contributed by atoms with Gasteiger partial charge >= 0.3 is 0 Å². The number of carbonyl (C=O) groups is 1. The summed E-state index contributed by atoms with van der Waals surface area (Å²) in [4.78, 5) is 10.8. The highest BCUT2D eigenvalue weighted by Crippen LogP contribution is 2.20. The topological polar surface area (TPSA) is 17.1 Å². The number of hydrogen-bond donors (Lipinski definition) is 0. The molecule has 1 aliphatic rings. The van der Waals surface area contributed by atoms with Crippen LogP contribution >= 0.6 is 0 Å². The maximum absolute atomic E-state index is 10.8. The first-order chi connectivity index (χ1) is 5.18. The first-order valence-corrected chi connectivity index (χ1v) is 4.05. The van der Waals surface area contributed by atoms with E-state index in [1.54, 1.807) is 6.08 Å². The van der Waals surface area contributed by atoms with Gasteiger partial charge in [-0.15, -0.1) is 6.58 Å². The average Bonchev–Trinajstić information content (AvgIpc) is 2.31. The molecule has 11 heavy (non-hydrogen) atoms. The van der Waals surface area contributed by atoms with Crippen LogP contribution in [-0.4, -0.2) is 5.78 Å². The van der Waals surface area contributed by atoms with Crippen LogP contribution < -0.4 is 0 Å². The fourth-order valence-electron chi connectivity index (χ4n) is 1.23. The Hall–Kier alpha value is -0.850. The van der Waals surface area contributed by atoms with Gasteiger partial charge in [-0.05, 0) is 32.3 Å². The summed E-state index contributed by atoms with van der Waals surface area (Å²) in [5, 5.41) is 0. The van der Waals surface area contributed by atoms with Crippen molar-refractivity contribution >= 4 is 5.78 Å². The highest BCUT2D eigenvalue weighted by atomic mass is 16.1. The third-order valence-electron chi connectivity index (χ3n) is 1.93. The highest BCUT2D eigenvalue weighted by Gasteiger charge is 2.10. The molecular formula is C10H14O. The van der Waals surface area contributed by atoms with Gasteiger partial charge in [0.2, 0.25) is 0 Å². The molecule has 0 unspecified atom stereocenters. The van der Waals surface area contributed by atoms with E-state index < -0.39 is 0 Å². The SMILES string of the molecule is C=C(C)CCC1=CC(=O)CC1. The second kappa shape index (κ2) is 3.51. The van der Waals surface area contributed by atoms with Crippen molar-refractivity contribution in [3.05, 3.63) is 23.8 Å². The van der Waals surface area contributed by atoms with Gasteiger partial charge < -0.3 is 0 Å². The van der Waals surface area contributed by atoms with E-state index in [-0.39, 0.29) is 0 Å². The maximum Gasteiger partial charge on any atom is 0.155 e. The van der Waals surface area contributed by atoms with Gasteiger partial charge in [-0.2, -0.15) is 0 Å². The molecule has 0 aromatic rings. The zero-order valence-corrected chi connectivity index (χ0v) is 7.02. The Kier molecular flexibility index (Phi) is 2.64. The van der Waals surface area contributed by atoms with E-state index in [1.165, 1.54) is 11.1 Å². The molecule has 0 aliphatic heterocycles. The van der Waals surface area contributed by atoms with Crippen molar-refractivity contribution in [1.82, 2.24) is 0 Å². The normalized spacial score (nSPS) is 16.8. The minimum Gasteiger partial charge on any atom is -0.295 e. The molecule has 0 saturated heterocycles. The van der Waals surface area contributed by atoms with Gasteiger partial charge in [-0.3, -0.25) is 4.79 Å². The fourth-order valence-corrected chi connectivity index (χ4v) is 1.23. The summed E-state index contributed by atoms with van der Waals surface area (Å²) in [6.45, 7) is 5.85. The summed E-state index contributed by atoms with van der Waals surface area (Å²) < 4.78 is 0. The zero-order chi connectivity index (χ0) is 8.27. The standard InChI is InChI=1S/C10H14O/c1-8(2)3-4-9-5-6-10(11)7-9/h7H,1,3-6H2,2H3. The lowest BCUT2D eigenvalue weighted by atomic mass is 10.1. The second-order valence-electron chi connectivity index (χ2n) is 3.23. The Labute approximate surface area is 67.8 Å². The van der Waals surface area contributed by atoms with Crippen molar-refractivity contribution in [2.24, 2.45) is 0 Å². The van der Waals surface area contributed by atoms with Crippen molar-refractivity contribution in [3.8, 4) is 0 Å². The van der Waals surface area contributed by atoms with Crippen LogP contribution in [0.25, 0.3) is 0 Å². The number of allylic oxidation sites excluding steroid dienone is 3. The highest BCUT2D eigenvalue weighted by molar-refractivity contribution is 5.92. The van der Waals surface area contributed by atoms with Crippen LogP contribution in [0.1, 0.15) is 32.6 Å². The van der Waals surface area contributed by atoms with Gasteiger partial charge in [-0.25, -0.2) is 0 Å². The van der Waals surface area contributed by atoms with Crippen molar-refractivity contribution in [2.75, 3.05) is 0 Å². The van der Waals surface area contributed by atoms with Crippen LogP contribution in [0.4, 0.5) is 0 Å². The van der Waals surface area contributed by atoms with Gasteiger partial charge in [0.05, 0.1) is 0 Å². The molecular weight excluding hydrogens is 136 g/mol. The van der Waals surface area contributed by atoms with Gasteiger partial charge in [0.25, 0.3) is 0 Å². The van der Waals surface area contributed by atoms with E-state index in [4.69, 9.17) is 0 Å². The van der Waals surface area contributed by atoms with E-state index >= 15 is 0 Å². The summed E-state index contributed by atoms with van der Waals surface area (Å²) in [5.74, 6) is 0.293. The molecule has 60 valence electrons. The predicted molar refractivity (Wildman–Crippen MR) is 46.4 cm³/mol. The molecule has 0 fully saturated rings. The van der Waals surface area contributed by atoms with Crippen molar-refractivity contribution in [3.63, 3.8) is 0 Å². The molecule has 0 amide bonds. The summed E-state index contributed by atoms with van der Waals surface area (Å²) >= 11 is 0. The molecule has 0 saturated carbocycles. The predicted octanol–water partition coefficient (Wildman–Crippen LogP) is 2.63.